The summed E-state index contributed by atoms with van der Waals surface area (Å²) in [4.78, 5) is 12.7. The Morgan fingerprint density at radius 2 is 1.52 bits per heavy atom. The lowest BCUT2D eigenvalue weighted by Crippen LogP contribution is -2.17. The summed E-state index contributed by atoms with van der Waals surface area (Å²) < 4.78 is 5.76. The third-order valence-electron chi connectivity index (χ3n) is 4.74. The van der Waals surface area contributed by atoms with Crippen LogP contribution in [0.2, 0.25) is 5.02 Å². The number of halogens is 1. The van der Waals surface area contributed by atoms with Gasteiger partial charge in [0.1, 0.15) is 11.7 Å². The third-order valence-corrected chi connectivity index (χ3v) is 5.00. The minimum atomic E-state index is -0.393. The van der Waals surface area contributed by atoms with E-state index in [1.807, 2.05) is 24.3 Å². The SMILES string of the molecule is CC(C)(C)c1cc2c(c(C(C)(C)C)c1)OC(=O)C2c1ccc(Cl)cc1. The number of rotatable bonds is 1. The molecular formula is C22H25ClO2. The van der Waals surface area contributed by atoms with Crippen LogP contribution in [0.15, 0.2) is 36.4 Å². The van der Waals surface area contributed by atoms with Gasteiger partial charge in [-0.3, -0.25) is 4.79 Å². The van der Waals surface area contributed by atoms with Gasteiger partial charge in [0.15, 0.2) is 0 Å². The fraction of sp³-hybridized carbons (Fsp3) is 0.409. The standard InChI is InChI=1S/C22H25ClO2/c1-21(2,3)14-11-16-18(13-7-9-15(23)10-8-13)20(24)25-19(16)17(12-14)22(4,5)6/h7-12,18H,1-6H3. The number of ether oxygens (including phenoxy) is 1. The number of esters is 1. The van der Waals surface area contributed by atoms with Crippen LogP contribution in [0.25, 0.3) is 0 Å². The van der Waals surface area contributed by atoms with Crippen molar-refractivity contribution in [3.63, 3.8) is 0 Å². The maximum Gasteiger partial charge on any atom is 0.323 e. The van der Waals surface area contributed by atoms with Crippen molar-refractivity contribution in [1.29, 1.82) is 0 Å². The van der Waals surface area contributed by atoms with Crippen molar-refractivity contribution in [3.05, 3.63) is 63.7 Å². The van der Waals surface area contributed by atoms with Crippen molar-refractivity contribution < 1.29 is 9.53 Å². The van der Waals surface area contributed by atoms with Crippen molar-refractivity contribution in [2.24, 2.45) is 0 Å². The minimum absolute atomic E-state index is 0.00872. The highest BCUT2D eigenvalue weighted by Gasteiger charge is 2.39. The van der Waals surface area contributed by atoms with Crippen molar-refractivity contribution >= 4 is 17.6 Å². The lowest BCUT2D eigenvalue weighted by atomic mass is 9.77. The average Bonchev–Trinajstić information content (AvgIpc) is 2.81. The van der Waals surface area contributed by atoms with Crippen molar-refractivity contribution in [2.75, 3.05) is 0 Å². The van der Waals surface area contributed by atoms with E-state index in [0.717, 1.165) is 22.4 Å². The smallest absolute Gasteiger partial charge is 0.323 e. The van der Waals surface area contributed by atoms with Gasteiger partial charge in [0.2, 0.25) is 0 Å². The second-order valence-corrected chi connectivity index (χ2v) is 9.28. The Morgan fingerprint density at radius 3 is 2.04 bits per heavy atom. The predicted octanol–water partition coefficient (Wildman–Crippen LogP) is 5.99. The van der Waals surface area contributed by atoms with Gasteiger partial charge in [0.25, 0.3) is 0 Å². The molecule has 2 aromatic carbocycles. The molecule has 3 heteroatoms. The van der Waals surface area contributed by atoms with Gasteiger partial charge in [-0.1, -0.05) is 77.4 Å². The summed E-state index contributed by atoms with van der Waals surface area (Å²) in [5.74, 6) is 0.120. The van der Waals surface area contributed by atoms with E-state index in [2.05, 4.69) is 53.7 Å². The van der Waals surface area contributed by atoms with Crippen molar-refractivity contribution in [1.82, 2.24) is 0 Å². The number of fused-ring (bicyclic) bond motifs is 1. The summed E-state index contributed by atoms with van der Waals surface area (Å²) in [5, 5.41) is 0.661. The molecule has 1 aliphatic heterocycles. The number of benzene rings is 2. The lowest BCUT2D eigenvalue weighted by molar-refractivity contribution is -0.133. The fourth-order valence-electron chi connectivity index (χ4n) is 3.23. The molecule has 3 rings (SSSR count). The molecule has 0 fully saturated rings. The first kappa shape index (κ1) is 18.0. The van der Waals surface area contributed by atoms with Crippen LogP contribution in [0.5, 0.6) is 5.75 Å². The Balaban J connectivity index is 2.24. The zero-order valence-corrected chi connectivity index (χ0v) is 16.5. The highest BCUT2D eigenvalue weighted by molar-refractivity contribution is 6.30. The van der Waals surface area contributed by atoms with Gasteiger partial charge in [-0.25, -0.2) is 0 Å². The van der Waals surface area contributed by atoms with Gasteiger partial charge in [0.05, 0.1) is 0 Å². The van der Waals surface area contributed by atoms with Crippen LogP contribution >= 0.6 is 11.6 Å². The van der Waals surface area contributed by atoms with E-state index < -0.39 is 5.92 Å². The molecule has 0 aliphatic carbocycles. The Hall–Kier alpha value is -1.80. The average molecular weight is 357 g/mol. The molecule has 0 N–H and O–H groups in total. The Kier molecular flexibility index (Phi) is 4.23. The molecule has 0 aromatic heterocycles. The maximum atomic E-state index is 12.7. The molecule has 132 valence electrons. The Bertz CT molecular complexity index is 821. The molecule has 0 saturated carbocycles. The molecule has 0 bridgehead atoms. The van der Waals surface area contributed by atoms with Crippen LogP contribution in [0, 0.1) is 0 Å². The first-order valence-corrected chi connectivity index (χ1v) is 9.02. The maximum absolute atomic E-state index is 12.7. The van der Waals surface area contributed by atoms with Crippen LogP contribution in [0.3, 0.4) is 0 Å². The number of carbonyl (C=O) groups excluding carboxylic acids is 1. The first-order chi connectivity index (χ1) is 11.5. The molecule has 1 unspecified atom stereocenters. The van der Waals surface area contributed by atoms with Gasteiger partial charge < -0.3 is 4.74 Å². The minimum Gasteiger partial charge on any atom is -0.425 e. The van der Waals surface area contributed by atoms with Gasteiger partial charge >= 0.3 is 5.97 Å². The van der Waals surface area contributed by atoms with Crippen LogP contribution < -0.4 is 4.74 Å². The largest absolute Gasteiger partial charge is 0.425 e. The van der Waals surface area contributed by atoms with Gasteiger partial charge in [-0.05, 0) is 34.1 Å². The lowest BCUT2D eigenvalue weighted by Gasteiger charge is -2.27. The van der Waals surface area contributed by atoms with Crippen molar-refractivity contribution in [3.8, 4) is 5.75 Å². The topological polar surface area (TPSA) is 26.3 Å². The number of hydrogen-bond acceptors (Lipinski definition) is 2. The molecular weight excluding hydrogens is 332 g/mol. The monoisotopic (exact) mass is 356 g/mol. The quantitative estimate of drug-likeness (QED) is 0.463. The van der Waals surface area contributed by atoms with Crippen LogP contribution in [-0.4, -0.2) is 5.97 Å². The second-order valence-electron chi connectivity index (χ2n) is 8.85. The predicted molar refractivity (Wildman–Crippen MR) is 103 cm³/mol. The highest BCUT2D eigenvalue weighted by atomic mass is 35.5. The van der Waals surface area contributed by atoms with E-state index >= 15 is 0 Å². The Morgan fingerprint density at radius 1 is 0.920 bits per heavy atom. The van der Waals surface area contributed by atoms with E-state index in [1.165, 1.54) is 5.56 Å². The molecule has 0 amide bonds. The third kappa shape index (κ3) is 3.32. The highest BCUT2D eigenvalue weighted by Crippen LogP contribution is 2.47. The second kappa shape index (κ2) is 5.88. The van der Waals surface area contributed by atoms with Crippen LogP contribution in [-0.2, 0) is 15.6 Å². The van der Waals surface area contributed by atoms with E-state index in [9.17, 15) is 4.79 Å². The van der Waals surface area contributed by atoms with E-state index in [0.29, 0.717) is 5.02 Å². The zero-order valence-electron chi connectivity index (χ0n) is 15.7. The zero-order chi connectivity index (χ0) is 18.6. The van der Waals surface area contributed by atoms with Crippen LogP contribution in [0.4, 0.5) is 0 Å². The summed E-state index contributed by atoms with van der Waals surface area (Å²) in [6, 6.07) is 11.8. The van der Waals surface area contributed by atoms with E-state index in [4.69, 9.17) is 16.3 Å². The van der Waals surface area contributed by atoms with Gasteiger partial charge in [0, 0.05) is 16.1 Å². The summed E-state index contributed by atoms with van der Waals surface area (Å²) in [6.07, 6.45) is 0. The molecule has 2 aromatic rings. The summed E-state index contributed by atoms with van der Waals surface area (Å²) in [5.41, 5.74) is 4.06. The first-order valence-electron chi connectivity index (χ1n) is 8.64. The van der Waals surface area contributed by atoms with Crippen LogP contribution in [0.1, 0.15) is 69.7 Å². The molecule has 1 atom stereocenters. The molecule has 0 radical (unpaired) electrons. The van der Waals surface area contributed by atoms with E-state index in [1.54, 1.807) is 0 Å². The number of hydrogen-bond donors (Lipinski definition) is 0. The van der Waals surface area contributed by atoms with Gasteiger partial charge in [-0.15, -0.1) is 0 Å². The van der Waals surface area contributed by atoms with Crippen molar-refractivity contribution in [2.45, 2.75) is 58.3 Å². The molecule has 1 heterocycles. The normalized spacial score (nSPS) is 17.4. The summed E-state index contributed by atoms with van der Waals surface area (Å²) in [6.45, 7) is 13.0. The number of carbonyl (C=O) groups is 1. The molecule has 0 spiro atoms. The Labute approximate surface area is 155 Å². The summed E-state index contributed by atoms with van der Waals surface area (Å²) >= 11 is 6.01. The summed E-state index contributed by atoms with van der Waals surface area (Å²) in [7, 11) is 0. The molecule has 25 heavy (non-hydrogen) atoms. The molecule has 1 aliphatic rings. The van der Waals surface area contributed by atoms with E-state index in [-0.39, 0.29) is 16.8 Å². The fourth-order valence-corrected chi connectivity index (χ4v) is 3.35. The molecule has 2 nitrogen and oxygen atoms in total. The molecule has 0 saturated heterocycles. The van der Waals surface area contributed by atoms with Gasteiger partial charge in [-0.2, -0.15) is 0 Å².